The Bertz CT molecular complexity index is 376. The zero-order chi connectivity index (χ0) is 13.2. The van der Waals surface area contributed by atoms with Crippen LogP contribution >= 0.6 is 11.8 Å². The molecule has 0 spiro atoms. The van der Waals surface area contributed by atoms with Crippen LogP contribution in [0.3, 0.4) is 0 Å². The molecule has 3 nitrogen and oxygen atoms in total. The molecule has 0 aliphatic heterocycles. The van der Waals surface area contributed by atoms with Gasteiger partial charge in [0, 0.05) is 12.3 Å². The van der Waals surface area contributed by atoms with E-state index in [1.54, 1.807) is 24.9 Å². The average molecular weight is 265 g/mol. The Morgan fingerprint density at radius 3 is 2.78 bits per heavy atom. The zero-order valence-electron chi connectivity index (χ0n) is 10.6. The van der Waals surface area contributed by atoms with Gasteiger partial charge in [0.25, 0.3) is 0 Å². The van der Waals surface area contributed by atoms with Crippen LogP contribution in [0, 0.1) is 0 Å². The molecule has 1 rings (SSSR count). The van der Waals surface area contributed by atoms with Crippen LogP contribution in [0.15, 0.2) is 36.9 Å². The summed E-state index contributed by atoms with van der Waals surface area (Å²) < 4.78 is 5.09. The maximum Gasteiger partial charge on any atom is 0.230 e. The van der Waals surface area contributed by atoms with Crippen molar-refractivity contribution in [2.45, 2.75) is 6.42 Å². The molecule has 0 aliphatic carbocycles. The van der Waals surface area contributed by atoms with Crippen LogP contribution < -0.4 is 10.1 Å². The number of carbonyl (C=O) groups is 1. The number of carbonyl (C=O) groups excluding carboxylic acids is 1. The summed E-state index contributed by atoms with van der Waals surface area (Å²) in [5.41, 5.74) is 1.19. The minimum atomic E-state index is 0.0790. The summed E-state index contributed by atoms with van der Waals surface area (Å²) >= 11 is 1.57. The van der Waals surface area contributed by atoms with Crippen molar-refractivity contribution in [3.8, 4) is 5.75 Å². The van der Waals surface area contributed by atoms with Gasteiger partial charge in [-0.25, -0.2) is 0 Å². The molecule has 0 heterocycles. The number of nitrogens with one attached hydrogen (secondary N) is 1. The Kier molecular flexibility index (Phi) is 7.03. The number of rotatable bonds is 8. The number of benzene rings is 1. The highest BCUT2D eigenvalue weighted by atomic mass is 32.2. The minimum Gasteiger partial charge on any atom is -0.497 e. The fourth-order valence-corrected chi connectivity index (χ4v) is 2.00. The first-order valence-electron chi connectivity index (χ1n) is 5.84. The first kappa shape index (κ1) is 14.6. The van der Waals surface area contributed by atoms with E-state index in [1.807, 2.05) is 24.3 Å². The Morgan fingerprint density at radius 1 is 1.44 bits per heavy atom. The first-order chi connectivity index (χ1) is 8.76. The van der Waals surface area contributed by atoms with Crippen LogP contribution in [0.4, 0.5) is 0 Å². The number of amides is 1. The van der Waals surface area contributed by atoms with Crippen molar-refractivity contribution < 1.29 is 9.53 Å². The standard InChI is InChI=1S/C14H19NO2S/c1-3-10-18-11-14(16)15-9-8-12-4-6-13(17-2)7-5-12/h3-7H,1,8-11H2,2H3,(H,15,16). The Morgan fingerprint density at radius 2 is 2.17 bits per heavy atom. The molecule has 1 aromatic carbocycles. The summed E-state index contributed by atoms with van der Waals surface area (Å²) in [7, 11) is 1.65. The SMILES string of the molecule is C=CCSCC(=O)NCCc1ccc(OC)cc1. The number of ether oxygens (including phenoxy) is 1. The molecule has 0 aromatic heterocycles. The molecule has 1 amide bonds. The van der Waals surface area contributed by atoms with Gasteiger partial charge in [0.15, 0.2) is 0 Å². The van der Waals surface area contributed by atoms with Gasteiger partial charge >= 0.3 is 0 Å². The molecule has 18 heavy (non-hydrogen) atoms. The Hall–Kier alpha value is -1.42. The van der Waals surface area contributed by atoms with Crippen molar-refractivity contribution >= 4 is 17.7 Å². The molecule has 0 saturated heterocycles. The van der Waals surface area contributed by atoms with E-state index in [0.29, 0.717) is 12.3 Å². The van der Waals surface area contributed by atoms with Gasteiger partial charge in [0.05, 0.1) is 12.9 Å². The third-order valence-corrected chi connectivity index (χ3v) is 3.30. The lowest BCUT2D eigenvalue weighted by Crippen LogP contribution is -2.27. The second-order valence-electron chi connectivity index (χ2n) is 3.75. The summed E-state index contributed by atoms with van der Waals surface area (Å²) in [5, 5.41) is 2.89. The van der Waals surface area contributed by atoms with Crippen LogP contribution in [0.25, 0.3) is 0 Å². The van der Waals surface area contributed by atoms with Gasteiger partial charge in [-0.05, 0) is 24.1 Å². The maximum atomic E-state index is 11.4. The average Bonchev–Trinajstić information content (AvgIpc) is 2.40. The number of hydrogen-bond donors (Lipinski definition) is 1. The number of thioether (sulfide) groups is 1. The molecule has 0 saturated carbocycles. The van der Waals surface area contributed by atoms with Crippen molar-refractivity contribution in [3.05, 3.63) is 42.5 Å². The van der Waals surface area contributed by atoms with Gasteiger partial charge in [0.2, 0.25) is 5.91 Å². The van der Waals surface area contributed by atoms with E-state index in [1.165, 1.54) is 5.56 Å². The van der Waals surface area contributed by atoms with E-state index in [0.717, 1.165) is 17.9 Å². The van der Waals surface area contributed by atoms with Gasteiger partial charge < -0.3 is 10.1 Å². The van der Waals surface area contributed by atoms with E-state index in [2.05, 4.69) is 11.9 Å². The molecule has 1 aromatic rings. The van der Waals surface area contributed by atoms with Crippen molar-refractivity contribution in [2.24, 2.45) is 0 Å². The largest absolute Gasteiger partial charge is 0.497 e. The molecule has 98 valence electrons. The predicted octanol–water partition coefficient (Wildman–Crippen LogP) is 2.27. The second-order valence-corrected chi connectivity index (χ2v) is 4.78. The van der Waals surface area contributed by atoms with E-state index >= 15 is 0 Å². The molecule has 0 atom stereocenters. The summed E-state index contributed by atoms with van der Waals surface area (Å²) in [6.07, 6.45) is 2.64. The summed E-state index contributed by atoms with van der Waals surface area (Å²) in [5.74, 6) is 2.24. The summed E-state index contributed by atoms with van der Waals surface area (Å²) in [6, 6.07) is 7.88. The van der Waals surface area contributed by atoms with Crippen molar-refractivity contribution in [2.75, 3.05) is 25.2 Å². The molecule has 0 unspecified atom stereocenters. The number of methoxy groups -OCH3 is 1. The van der Waals surface area contributed by atoms with Gasteiger partial charge in [0.1, 0.15) is 5.75 Å². The molecule has 0 bridgehead atoms. The maximum absolute atomic E-state index is 11.4. The lowest BCUT2D eigenvalue weighted by molar-refractivity contribution is -0.118. The monoisotopic (exact) mass is 265 g/mol. The quantitative estimate of drug-likeness (QED) is 0.579. The van der Waals surface area contributed by atoms with Crippen LogP contribution in [0.2, 0.25) is 0 Å². The predicted molar refractivity (Wildman–Crippen MR) is 77.2 cm³/mol. The molecule has 0 fully saturated rings. The topological polar surface area (TPSA) is 38.3 Å². The van der Waals surface area contributed by atoms with Crippen molar-refractivity contribution in [1.29, 1.82) is 0 Å². The van der Waals surface area contributed by atoms with Crippen LogP contribution in [0.1, 0.15) is 5.56 Å². The van der Waals surface area contributed by atoms with Crippen LogP contribution in [0.5, 0.6) is 5.75 Å². The molecule has 1 N–H and O–H groups in total. The van der Waals surface area contributed by atoms with Crippen molar-refractivity contribution in [1.82, 2.24) is 5.32 Å². The summed E-state index contributed by atoms with van der Waals surface area (Å²) in [6.45, 7) is 4.28. The minimum absolute atomic E-state index is 0.0790. The van der Waals surface area contributed by atoms with Crippen LogP contribution in [-0.4, -0.2) is 31.1 Å². The number of hydrogen-bond acceptors (Lipinski definition) is 3. The molecular weight excluding hydrogens is 246 g/mol. The molecule has 0 aliphatic rings. The molecule has 0 radical (unpaired) electrons. The third kappa shape index (κ3) is 5.77. The van der Waals surface area contributed by atoms with Gasteiger partial charge in [-0.1, -0.05) is 18.2 Å². The van der Waals surface area contributed by atoms with E-state index in [-0.39, 0.29) is 5.91 Å². The first-order valence-corrected chi connectivity index (χ1v) is 7.00. The zero-order valence-corrected chi connectivity index (χ0v) is 11.5. The van der Waals surface area contributed by atoms with Gasteiger partial charge in [-0.15, -0.1) is 18.3 Å². The highest BCUT2D eigenvalue weighted by Gasteiger charge is 2.00. The smallest absolute Gasteiger partial charge is 0.230 e. The lowest BCUT2D eigenvalue weighted by Gasteiger charge is -2.05. The lowest BCUT2D eigenvalue weighted by atomic mass is 10.1. The summed E-state index contributed by atoms with van der Waals surface area (Å²) in [4.78, 5) is 11.4. The highest BCUT2D eigenvalue weighted by Crippen LogP contribution is 2.11. The van der Waals surface area contributed by atoms with E-state index in [4.69, 9.17) is 4.74 Å². The van der Waals surface area contributed by atoms with E-state index < -0.39 is 0 Å². The van der Waals surface area contributed by atoms with Gasteiger partial charge in [-0.3, -0.25) is 4.79 Å². The van der Waals surface area contributed by atoms with Gasteiger partial charge in [-0.2, -0.15) is 0 Å². The van der Waals surface area contributed by atoms with Crippen molar-refractivity contribution in [3.63, 3.8) is 0 Å². The molecular formula is C14H19NO2S. The van der Waals surface area contributed by atoms with E-state index in [9.17, 15) is 4.79 Å². The Balaban J connectivity index is 2.20. The van der Waals surface area contributed by atoms with Crippen LogP contribution in [-0.2, 0) is 11.2 Å². The fraction of sp³-hybridized carbons (Fsp3) is 0.357. The highest BCUT2D eigenvalue weighted by molar-refractivity contribution is 8.00. The normalized spacial score (nSPS) is 9.83. The molecule has 4 heteroatoms. The Labute approximate surface area is 113 Å². The fourth-order valence-electron chi connectivity index (χ4n) is 1.42. The third-order valence-electron chi connectivity index (χ3n) is 2.36. The second kappa shape index (κ2) is 8.64.